The van der Waals surface area contributed by atoms with Crippen molar-refractivity contribution in [1.29, 1.82) is 0 Å². The van der Waals surface area contributed by atoms with E-state index in [4.69, 9.17) is 23.8 Å². The van der Waals surface area contributed by atoms with Gasteiger partial charge in [0.1, 0.15) is 4.88 Å². The van der Waals surface area contributed by atoms with Crippen LogP contribution in [-0.4, -0.2) is 16.9 Å². The summed E-state index contributed by atoms with van der Waals surface area (Å²) in [5, 5.41) is 3.64. The highest BCUT2D eigenvalue weighted by Gasteiger charge is 2.17. The van der Waals surface area contributed by atoms with Gasteiger partial charge in [-0.25, -0.2) is 0 Å². The van der Waals surface area contributed by atoms with E-state index in [9.17, 15) is 9.59 Å². The molecule has 0 saturated heterocycles. The van der Waals surface area contributed by atoms with E-state index in [0.717, 1.165) is 21.2 Å². The Balaban J connectivity index is 1.53. The molecule has 3 N–H and O–H groups in total. The molecule has 0 saturated carbocycles. The summed E-state index contributed by atoms with van der Waals surface area (Å²) in [5.74, 6) is -0.842. The van der Waals surface area contributed by atoms with E-state index >= 15 is 0 Å². The molecule has 3 rings (SSSR count). The molecule has 0 atom stereocenters. The molecule has 28 heavy (non-hydrogen) atoms. The zero-order valence-electron chi connectivity index (χ0n) is 14.8. The van der Waals surface area contributed by atoms with Gasteiger partial charge in [0.25, 0.3) is 5.91 Å². The topological polar surface area (TPSA) is 70.2 Å². The number of carbonyl (C=O) groups is 2. The summed E-state index contributed by atoms with van der Waals surface area (Å²) in [4.78, 5) is 24.6. The van der Waals surface area contributed by atoms with Crippen LogP contribution in [0.3, 0.4) is 0 Å². The summed E-state index contributed by atoms with van der Waals surface area (Å²) >= 11 is 12.6. The monoisotopic (exact) mass is 429 g/mol. The summed E-state index contributed by atoms with van der Waals surface area (Å²) in [6.07, 6.45) is 3.04. The molecule has 1 aromatic heterocycles. The van der Waals surface area contributed by atoms with Crippen LogP contribution in [0.15, 0.2) is 54.6 Å². The van der Waals surface area contributed by atoms with Gasteiger partial charge in [0.2, 0.25) is 5.91 Å². The molecule has 2 aromatic carbocycles. The average Bonchev–Trinajstić information content (AvgIpc) is 3.03. The maximum Gasteiger partial charge on any atom is 0.281 e. The summed E-state index contributed by atoms with van der Waals surface area (Å²) < 4.78 is 0.912. The van der Waals surface area contributed by atoms with Gasteiger partial charge >= 0.3 is 0 Å². The van der Waals surface area contributed by atoms with Gasteiger partial charge < -0.3 is 0 Å². The molecule has 5 nitrogen and oxygen atoms in total. The lowest BCUT2D eigenvalue weighted by molar-refractivity contribution is -0.115. The van der Waals surface area contributed by atoms with Crippen LogP contribution in [0.2, 0.25) is 5.02 Å². The number of rotatable bonds is 3. The Morgan fingerprint density at radius 1 is 1.07 bits per heavy atom. The highest BCUT2D eigenvalue weighted by molar-refractivity contribution is 7.80. The number of carbonyl (C=O) groups excluding carboxylic acids is 2. The lowest BCUT2D eigenvalue weighted by Crippen LogP contribution is -2.48. The van der Waals surface area contributed by atoms with E-state index < -0.39 is 11.8 Å². The standard InChI is InChI=1S/C20H16ClN3O2S2/c1-12-6-8-13(9-7-12)10-11-16(25)22-20(27)24-23-19(26)18-17(21)14-4-2-3-5-15(14)28-18/h2-11H,1H3,(H,23,26)(H2,22,24,25,27). The van der Waals surface area contributed by atoms with Crippen LogP contribution in [-0.2, 0) is 4.79 Å². The molecule has 0 bridgehead atoms. The van der Waals surface area contributed by atoms with Gasteiger partial charge in [-0.1, -0.05) is 59.6 Å². The van der Waals surface area contributed by atoms with Crippen molar-refractivity contribution in [2.24, 2.45) is 0 Å². The van der Waals surface area contributed by atoms with Crippen molar-refractivity contribution >= 4 is 68.2 Å². The molecule has 0 spiro atoms. The number of amides is 2. The van der Waals surface area contributed by atoms with Gasteiger partial charge in [0.15, 0.2) is 5.11 Å². The van der Waals surface area contributed by atoms with Crippen LogP contribution in [0.4, 0.5) is 0 Å². The zero-order valence-corrected chi connectivity index (χ0v) is 17.2. The minimum Gasteiger partial charge on any atom is -0.298 e. The molecule has 0 fully saturated rings. The molecule has 3 aromatic rings. The second-order valence-electron chi connectivity index (χ2n) is 5.88. The van der Waals surface area contributed by atoms with Crippen molar-refractivity contribution in [3.8, 4) is 0 Å². The van der Waals surface area contributed by atoms with Gasteiger partial charge in [-0.15, -0.1) is 11.3 Å². The van der Waals surface area contributed by atoms with Crippen molar-refractivity contribution < 1.29 is 9.59 Å². The predicted octanol–water partition coefficient (Wildman–Crippen LogP) is 4.21. The van der Waals surface area contributed by atoms with Crippen molar-refractivity contribution in [2.45, 2.75) is 6.92 Å². The molecular formula is C20H16ClN3O2S2. The van der Waals surface area contributed by atoms with E-state index in [1.165, 1.54) is 17.4 Å². The number of benzene rings is 2. The first-order valence-corrected chi connectivity index (χ1v) is 9.87. The normalized spacial score (nSPS) is 10.8. The number of hydrazine groups is 1. The van der Waals surface area contributed by atoms with Crippen LogP contribution in [0.1, 0.15) is 20.8 Å². The van der Waals surface area contributed by atoms with E-state index in [0.29, 0.717) is 9.90 Å². The third kappa shape index (κ3) is 4.95. The molecule has 2 amide bonds. The van der Waals surface area contributed by atoms with Crippen LogP contribution >= 0.6 is 35.2 Å². The second-order valence-corrected chi connectivity index (χ2v) is 7.72. The molecule has 0 aliphatic carbocycles. The van der Waals surface area contributed by atoms with Crippen molar-refractivity contribution in [3.05, 3.63) is 75.6 Å². The quantitative estimate of drug-likeness (QED) is 0.331. The first kappa shape index (κ1) is 20.0. The van der Waals surface area contributed by atoms with Crippen LogP contribution < -0.4 is 16.2 Å². The Hall–Kier alpha value is -2.74. The minimum atomic E-state index is -0.432. The fourth-order valence-electron chi connectivity index (χ4n) is 2.36. The van der Waals surface area contributed by atoms with Gasteiger partial charge in [-0.3, -0.25) is 25.8 Å². The number of aryl methyl sites for hydroxylation is 1. The Labute approximate surface area is 176 Å². The molecule has 0 unspecified atom stereocenters. The van der Waals surface area contributed by atoms with Crippen LogP contribution in [0, 0.1) is 6.92 Å². The smallest absolute Gasteiger partial charge is 0.281 e. The maximum absolute atomic E-state index is 12.3. The molecule has 0 aliphatic heterocycles. The average molecular weight is 430 g/mol. The third-order valence-electron chi connectivity index (χ3n) is 3.77. The molecule has 1 heterocycles. The minimum absolute atomic E-state index is 0.0239. The summed E-state index contributed by atoms with van der Waals surface area (Å²) in [7, 11) is 0. The van der Waals surface area contributed by atoms with Gasteiger partial charge in [0.05, 0.1) is 5.02 Å². The predicted molar refractivity (Wildman–Crippen MR) is 118 cm³/mol. The number of fused-ring (bicyclic) bond motifs is 1. The largest absolute Gasteiger partial charge is 0.298 e. The number of hydrogen-bond acceptors (Lipinski definition) is 4. The lowest BCUT2D eigenvalue weighted by Gasteiger charge is -2.09. The van der Waals surface area contributed by atoms with Gasteiger partial charge in [-0.05, 0) is 36.8 Å². The first-order chi connectivity index (χ1) is 13.4. The first-order valence-electron chi connectivity index (χ1n) is 8.27. The highest BCUT2D eigenvalue weighted by atomic mass is 35.5. The lowest BCUT2D eigenvalue weighted by atomic mass is 10.1. The number of halogens is 1. The molecule has 142 valence electrons. The fraction of sp³-hybridized carbons (Fsp3) is 0.0500. The maximum atomic E-state index is 12.3. The summed E-state index contributed by atoms with van der Waals surface area (Å²) in [6.45, 7) is 1.99. The Morgan fingerprint density at radius 2 is 1.79 bits per heavy atom. The number of nitrogens with one attached hydrogen (secondary N) is 3. The second kappa shape index (κ2) is 8.97. The fourth-order valence-corrected chi connectivity index (χ4v) is 3.93. The van der Waals surface area contributed by atoms with E-state index in [2.05, 4.69) is 16.2 Å². The Kier molecular flexibility index (Phi) is 6.41. The zero-order chi connectivity index (χ0) is 20.1. The molecule has 0 radical (unpaired) electrons. The Morgan fingerprint density at radius 3 is 2.50 bits per heavy atom. The number of hydrogen-bond donors (Lipinski definition) is 3. The highest BCUT2D eigenvalue weighted by Crippen LogP contribution is 2.34. The van der Waals surface area contributed by atoms with Crippen LogP contribution in [0.25, 0.3) is 16.2 Å². The van der Waals surface area contributed by atoms with Crippen molar-refractivity contribution in [3.63, 3.8) is 0 Å². The third-order valence-corrected chi connectivity index (χ3v) is 5.65. The Bertz CT molecular complexity index is 1070. The van der Waals surface area contributed by atoms with E-state index in [1.807, 2.05) is 55.5 Å². The van der Waals surface area contributed by atoms with Crippen molar-refractivity contribution in [2.75, 3.05) is 0 Å². The SMILES string of the molecule is Cc1ccc(C=CC(=O)NC(=S)NNC(=O)c2sc3ccccc3c2Cl)cc1. The molecule has 0 aliphatic rings. The molecule has 8 heteroatoms. The van der Waals surface area contributed by atoms with Crippen molar-refractivity contribution in [1.82, 2.24) is 16.2 Å². The molecular weight excluding hydrogens is 414 g/mol. The number of thiocarbonyl (C=S) groups is 1. The number of thiophene rings is 1. The van der Waals surface area contributed by atoms with E-state index in [-0.39, 0.29) is 5.11 Å². The van der Waals surface area contributed by atoms with Gasteiger partial charge in [0, 0.05) is 16.2 Å². The van der Waals surface area contributed by atoms with Gasteiger partial charge in [-0.2, -0.15) is 0 Å². The van der Waals surface area contributed by atoms with Crippen LogP contribution in [0.5, 0.6) is 0 Å². The summed E-state index contributed by atoms with van der Waals surface area (Å²) in [5.41, 5.74) is 6.98. The summed E-state index contributed by atoms with van der Waals surface area (Å²) in [6, 6.07) is 15.2. The van der Waals surface area contributed by atoms with E-state index in [1.54, 1.807) is 6.08 Å².